The van der Waals surface area contributed by atoms with Crippen molar-refractivity contribution in [3.63, 3.8) is 0 Å². The first-order valence-corrected chi connectivity index (χ1v) is 6.14. The summed E-state index contributed by atoms with van der Waals surface area (Å²) in [7, 11) is 0. The molecule has 0 aromatic heterocycles. The van der Waals surface area contributed by atoms with E-state index in [1.54, 1.807) is 12.1 Å². The number of benzene rings is 1. The Labute approximate surface area is 102 Å². The van der Waals surface area contributed by atoms with E-state index in [1.807, 2.05) is 6.92 Å². The number of piperazine rings is 1. The van der Waals surface area contributed by atoms with Crippen LogP contribution in [0.5, 0.6) is 5.75 Å². The second-order valence-electron chi connectivity index (χ2n) is 4.21. The lowest BCUT2D eigenvalue weighted by molar-refractivity contribution is 0.228. The summed E-state index contributed by atoms with van der Waals surface area (Å²) in [5.74, 6) is 0.603. The largest absolute Gasteiger partial charge is 0.494 e. The molecule has 0 unspecified atom stereocenters. The van der Waals surface area contributed by atoms with Crippen LogP contribution in [-0.2, 0) is 6.54 Å². The van der Waals surface area contributed by atoms with Gasteiger partial charge < -0.3 is 10.1 Å². The number of rotatable bonds is 4. The van der Waals surface area contributed by atoms with Gasteiger partial charge in [-0.1, -0.05) is 0 Å². The third kappa shape index (κ3) is 3.41. The zero-order valence-corrected chi connectivity index (χ0v) is 10.2. The topological polar surface area (TPSA) is 24.5 Å². The third-order valence-corrected chi connectivity index (χ3v) is 2.93. The number of nitrogens with zero attached hydrogens (tertiary/aromatic N) is 1. The molecule has 1 saturated heterocycles. The Balaban J connectivity index is 2.08. The van der Waals surface area contributed by atoms with Gasteiger partial charge in [-0.25, -0.2) is 4.39 Å². The summed E-state index contributed by atoms with van der Waals surface area (Å²) in [5.41, 5.74) is 0.939. The van der Waals surface area contributed by atoms with Crippen molar-refractivity contribution >= 4 is 0 Å². The number of hydrogen-bond donors (Lipinski definition) is 1. The van der Waals surface area contributed by atoms with Crippen molar-refractivity contribution < 1.29 is 9.13 Å². The molecular formula is C13H19FN2O. The quantitative estimate of drug-likeness (QED) is 0.863. The molecule has 17 heavy (non-hydrogen) atoms. The number of hydrogen-bond acceptors (Lipinski definition) is 3. The molecule has 0 atom stereocenters. The first-order chi connectivity index (χ1) is 8.29. The van der Waals surface area contributed by atoms with E-state index in [-0.39, 0.29) is 5.82 Å². The van der Waals surface area contributed by atoms with Gasteiger partial charge in [-0.2, -0.15) is 0 Å². The van der Waals surface area contributed by atoms with E-state index >= 15 is 0 Å². The van der Waals surface area contributed by atoms with Crippen LogP contribution in [0.25, 0.3) is 0 Å². The zero-order chi connectivity index (χ0) is 12.1. The second-order valence-corrected chi connectivity index (χ2v) is 4.21. The zero-order valence-electron chi connectivity index (χ0n) is 10.2. The van der Waals surface area contributed by atoms with Crippen LogP contribution >= 0.6 is 0 Å². The second kappa shape index (κ2) is 5.98. The van der Waals surface area contributed by atoms with Crippen LogP contribution in [0.4, 0.5) is 4.39 Å². The monoisotopic (exact) mass is 238 g/mol. The molecule has 0 spiro atoms. The van der Waals surface area contributed by atoms with Crippen molar-refractivity contribution in [2.24, 2.45) is 0 Å². The standard InChI is InChI=1S/C13H19FN2O/c1-2-17-13-4-3-12(14)9-11(13)10-16-7-5-15-6-8-16/h3-4,9,15H,2,5-8,10H2,1H3. The highest BCUT2D eigenvalue weighted by atomic mass is 19.1. The lowest BCUT2D eigenvalue weighted by Crippen LogP contribution is -2.42. The normalized spacial score (nSPS) is 17.1. The minimum atomic E-state index is -0.196. The molecule has 3 nitrogen and oxygen atoms in total. The van der Waals surface area contributed by atoms with Crippen molar-refractivity contribution in [3.8, 4) is 5.75 Å². The fourth-order valence-corrected chi connectivity index (χ4v) is 2.08. The van der Waals surface area contributed by atoms with Crippen LogP contribution in [0.1, 0.15) is 12.5 Å². The predicted octanol–water partition coefficient (Wildman–Crippen LogP) is 1.63. The van der Waals surface area contributed by atoms with Gasteiger partial charge in [0.25, 0.3) is 0 Å². The number of nitrogens with one attached hydrogen (secondary N) is 1. The highest BCUT2D eigenvalue weighted by Crippen LogP contribution is 2.21. The van der Waals surface area contributed by atoms with Crippen molar-refractivity contribution in [2.45, 2.75) is 13.5 Å². The maximum atomic E-state index is 13.3. The van der Waals surface area contributed by atoms with Gasteiger partial charge in [0, 0.05) is 38.3 Å². The summed E-state index contributed by atoms with van der Waals surface area (Å²) >= 11 is 0. The van der Waals surface area contributed by atoms with Crippen molar-refractivity contribution in [1.29, 1.82) is 0 Å². The molecule has 1 aromatic carbocycles. The van der Waals surface area contributed by atoms with Crippen LogP contribution in [0.2, 0.25) is 0 Å². The van der Waals surface area contributed by atoms with E-state index in [0.29, 0.717) is 6.61 Å². The average molecular weight is 238 g/mol. The van der Waals surface area contributed by atoms with Crippen LogP contribution in [0, 0.1) is 5.82 Å². The molecule has 0 amide bonds. The molecule has 0 radical (unpaired) electrons. The van der Waals surface area contributed by atoms with E-state index < -0.39 is 0 Å². The Morgan fingerprint density at radius 2 is 2.12 bits per heavy atom. The van der Waals surface area contributed by atoms with E-state index in [0.717, 1.165) is 44.0 Å². The van der Waals surface area contributed by atoms with E-state index in [4.69, 9.17) is 4.74 Å². The fourth-order valence-electron chi connectivity index (χ4n) is 2.08. The van der Waals surface area contributed by atoms with Gasteiger partial charge in [0.05, 0.1) is 6.61 Å². The summed E-state index contributed by atoms with van der Waals surface area (Å²) in [4.78, 5) is 2.31. The van der Waals surface area contributed by atoms with E-state index in [9.17, 15) is 4.39 Å². The number of ether oxygens (including phenoxy) is 1. The molecule has 1 aliphatic rings. The lowest BCUT2D eigenvalue weighted by atomic mass is 10.1. The minimum absolute atomic E-state index is 0.196. The Bertz CT molecular complexity index is 364. The van der Waals surface area contributed by atoms with Gasteiger partial charge in [-0.3, -0.25) is 4.90 Å². The summed E-state index contributed by atoms with van der Waals surface area (Å²) in [6.07, 6.45) is 0. The SMILES string of the molecule is CCOc1ccc(F)cc1CN1CCNCC1. The smallest absolute Gasteiger partial charge is 0.123 e. The molecule has 1 N–H and O–H groups in total. The molecule has 1 heterocycles. The first kappa shape index (κ1) is 12.3. The van der Waals surface area contributed by atoms with Crippen molar-refractivity contribution in [3.05, 3.63) is 29.6 Å². The molecule has 4 heteroatoms. The summed E-state index contributed by atoms with van der Waals surface area (Å²) in [6, 6.07) is 4.75. The van der Waals surface area contributed by atoms with Gasteiger partial charge in [0.15, 0.2) is 0 Å². The highest BCUT2D eigenvalue weighted by molar-refractivity contribution is 5.34. The van der Waals surface area contributed by atoms with E-state index in [1.165, 1.54) is 6.07 Å². The molecule has 1 aliphatic heterocycles. The lowest BCUT2D eigenvalue weighted by Gasteiger charge is -2.27. The molecular weight excluding hydrogens is 219 g/mol. The van der Waals surface area contributed by atoms with Crippen molar-refractivity contribution in [2.75, 3.05) is 32.8 Å². The Morgan fingerprint density at radius 1 is 1.35 bits per heavy atom. The third-order valence-electron chi connectivity index (χ3n) is 2.93. The van der Waals surface area contributed by atoms with Gasteiger partial charge in [-0.15, -0.1) is 0 Å². The first-order valence-electron chi connectivity index (χ1n) is 6.14. The van der Waals surface area contributed by atoms with Gasteiger partial charge >= 0.3 is 0 Å². The maximum Gasteiger partial charge on any atom is 0.123 e. The Kier molecular flexibility index (Phi) is 4.34. The summed E-state index contributed by atoms with van der Waals surface area (Å²) in [5, 5.41) is 3.30. The molecule has 94 valence electrons. The Hall–Kier alpha value is -1.13. The van der Waals surface area contributed by atoms with Crippen LogP contribution < -0.4 is 10.1 Å². The van der Waals surface area contributed by atoms with E-state index in [2.05, 4.69) is 10.2 Å². The van der Waals surface area contributed by atoms with Crippen molar-refractivity contribution in [1.82, 2.24) is 10.2 Å². The predicted molar refractivity (Wildman–Crippen MR) is 65.7 cm³/mol. The minimum Gasteiger partial charge on any atom is -0.494 e. The maximum absolute atomic E-state index is 13.3. The highest BCUT2D eigenvalue weighted by Gasteiger charge is 2.13. The summed E-state index contributed by atoms with van der Waals surface area (Å²) < 4.78 is 18.8. The Morgan fingerprint density at radius 3 is 2.82 bits per heavy atom. The van der Waals surface area contributed by atoms with Crippen LogP contribution in [-0.4, -0.2) is 37.7 Å². The average Bonchev–Trinajstić information content (AvgIpc) is 2.34. The molecule has 0 bridgehead atoms. The van der Waals surface area contributed by atoms with Gasteiger partial charge in [0.1, 0.15) is 11.6 Å². The molecule has 1 fully saturated rings. The molecule has 2 rings (SSSR count). The number of halogens is 1. The van der Waals surface area contributed by atoms with Gasteiger partial charge in [-0.05, 0) is 25.1 Å². The molecule has 0 aliphatic carbocycles. The van der Waals surface area contributed by atoms with Crippen LogP contribution in [0.3, 0.4) is 0 Å². The van der Waals surface area contributed by atoms with Gasteiger partial charge in [0.2, 0.25) is 0 Å². The fraction of sp³-hybridized carbons (Fsp3) is 0.538. The van der Waals surface area contributed by atoms with Crippen LogP contribution in [0.15, 0.2) is 18.2 Å². The molecule has 1 aromatic rings. The summed E-state index contributed by atoms with van der Waals surface area (Å²) in [6.45, 7) is 7.32. The molecule has 0 saturated carbocycles.